The third-order valence-electron chi connectivity index (χ3n) is 4.89. The van der Waals surface area contributed by atoms with Crippen LogP contribution < -0.4 is 0 Å². The third-order valence-corrected chi connectivity index (χ3v) is 4.89. The van der Waals surface area contributed by atoms with Crippen LogP contribution in [0.3, 0.4) is 0 Å². The maximum Gasteiger partial charge on any atom is 0.137 e. The van der Waals surface area contributed by atoms with E-state index in [9.17, 15) is 4.79 Å². The van der Waals surface area contributed by atoms with E-state index >= 15 is 0 Å². The fourth-order valence-electron chi connectivity index (χ4n) is 3.62. The number of rotatable bonds is 3. The molecule has 0 amide bonds. The van der Waals surface area contributed by atoms with Gasteiger partial charge in [0.2, 0.25) is 0 Å². The van der Waals surface area contributed by atoms with Gasteiger partial charge in [-0.2, -0.15) is 0 Å². The van der Waals surface area contributed by atoms with Crippen molar-refractivity contribution in [3.63, 3.8) is 0 Å². The maximum absolute atomic E-state index is 12.1. The average molecular weight is 251 g/mol. The Hall–Kier alpha value is -0.370. The lowest BCUT2D eigenvalue weighted by Crippen LogP contribution is -2.37. The molecule has 0 aromatic rings. The van der Waals surface area contributed by atoms with Crippen molar-refractivity contribution in [2.24, 2.45) is 5.92 Å². The van der Waals surface area contributed by atoms with Crippen LogP contribution >= 0.6 is 0 Å². The van der Waals surface area contributed by atoms with Crippen LogP contribution in [0.2, 0.25) is 0 Å². The Kier molecular flexibility index (Phi) is 5.68. The molecule has 0 saturated heterocycles. The van der Waals surface area contributed by atoms with E-state index in [4.69, 9.17) is 0 Å². The molecule has 2 rings (SSSR count). The quantitative estimate of drug-likeness (QED) is 0.711. The van der Waals surface area contributed by atoms with Crippen molar-refractivity contribution in [1.82, 2.24) is 4.90 Å². The Morgan fingerprint density at radius 1 is 0.944 bits per heavy atom. The van der Waals surface area contributed by atoms with Gasteiger partial charge in [-0.05, 0) is 32.7 Å². The molecule has 2 saturated carbocycles. The van der Waals surface area contributed by atoms with Gasteiger partial charge in [0, 0.05) is 24.9 Å². The Bertz CT molecular complexity index is 256. The van der Waals surface area contributed by atoms with E-state index in [1.807, 2.05) is 0 Å². The van der Waals surface area contributed by atoms with Gasteiger partial charge in [0.15, 0.2) is 0 Å². The van der Waals surface area contributed by atoms with E-state index in [2.05, 4.69) is 11.9 Å². The Labute approximate surface area is 112 Å². The summed E-state index contributed by atoms with van der Waals surface area (Å²) >= 11 is 0. The largest absolute Gasteiger partial charge is 0.303 e. The van der Waals surface area contributed by atoms with Crippen LogP contribution in [0.15, 0.2) is 0 Å². The molecule has 2 aliphatic rings. The molecule has 2 fully saturated rings. The fourth-order valence-corrected chi connectivity index (χ4v) is 3.62. The van der Waals surface area contributed by atoms with E-state index in [-0.39, 0.29) is 0 Å². The number of ketones is 1. The predicted molar refractivity (Wildman–Crippen MR) is 75.7 cm³/mol. The first-order chi connectivity index (χ1) is 8.77. The average Bonchev–Trinajstić information content (AvgIpc) is 2.73. The molecule has 0 aromatic carbocycles. The van der Waals surface area contributed by atoms with E-state index in [0.717, 1.165) is 31.8 Å². The zero-order chi connectivity index (χ0) is 12.8. The van der Waals surface area contributed by atoms with E-state index < -0.39 is 0 Å². The van der Waals surface area contributed by atoms with Crippen LogP contribution in [0, 0.1) is 5.92 Å². The number of carbonyl (C=O) groups excluding carboxylic acids is 1. The highest BCUT2D eigenvalue weighted by Crippen LogP contribution is 2.25. The minimum atomic E-state index is 0.334. The van der Waals surface area contributed by atoms with Crippen LogP contribution in [0.25, 0.3) is 0 Å². The molecule has 0 aromatic heterocycles. The Morgan fingerprint density at radius 3 is 2.28 bits per heavy atom. The smallest absolute Gasteiger partial charge is 0.137 e. The molecule has 1 atom stereocenters. The van der Waals surface area contributed by atoms with Gasteiger partial charge in [-0.25, -0.2) is 0 Å². The molecule has 0 aliphatic heterocycles. The van der Waals surface area contributed by atoms with Gasteiger partial charge in [-0.3, -0.25) is 4.79 Å². The predicted octanol–water partition coefficient (Wildman–Crippen LogP) is 3.79. The first-order valence-electron chi connectivity index (χ1n) is 8.00. The zero-order valence-electron chi connectivity index (χ0n) is 12.0. The topological polar surface area (TPSA) is 20.3 Å². The van der Waals surface area contributed by atoms with Crippen molar-refractivity contribution in [1.29, 1.82) is 0 Å². The van der Waals surface area contributed by atoms with Crippen LogP contribution in [0.5, 0.6) is 0 Å². The second-order valence-corrected chi connectivity index (χ2v) is 6.35. The molecule has 2 nitrogen and oxygen atoms in total. The summed E-state index contributed by atoms with van der Waals surface area (Å²) in [5.41, 5.74) is 0. The van der Waals surface area contributed by atoms with Crippen LogP contribution in [-0.2, 0) is 4.79 Å². The molecule has 1 unspecified atom stereocenters. The van der Waals surface area contributed by atoms with Crippen molar-refractivity contribution < 1.29 is 4.79 Å². The van der Waals surface area contributed by atoms with E-state index in [1.54, 1.807) is 0 Å². The number of hydrogen-bond acceptors (Lipinski definition) is 2. The number of Topliss-reactive ketones (excluding diaryl/α,β-unsaturated/α-hetero) is 1. The van der Waals surface area contributed by atoms with Crippen LogP contribution in [-0.4, -0.2) is 30.3 Å². The summed E-state index contributed by atoms with van der Waals surface area (Å²) in [5.74, 6) is 0.869. The monoisotopic (exact) mass is 251 g/mol. The minimum absolute atomic E-state index is 0.334. The van der Waals surface area contributed by atoms with Gasteiger partial charge in [-0.1, -0.05) is 38.5 Å². The molecule has 2 aliphatic carbocycles. The van der Waals surface area contributed by atoms with Crippen molar-refractivity contribution >= 4 is 5.78 Å². The number of hydrogen-bond donors (Lipinski definition) is 0. The summed E-state index contributed by atoms with van der Waals surface area (Å²) in [6, 6.07) is 0.739. The zero-order valence-corrected chi connectivity index (χ0v) is 12.0. The van der Waals surface area contributed by atoms with Gasteiger partial charge in [0.1, 0.15) is 5.78 Å². The second-order valence-electron chi connectivity index (χ2n) is 6.35. The lowest BCUT2D eigenvalue weighted by atomic mass is 9.97. The molecule has 0 bridgehead atoms. The highest BCUT2D eigenvalue weighted by molar-refractivity contribution is 5.81. The summed E-state index contributed by atoms with van der Waals surface area (Å²) in [6.45, 7) is 1.02. The standard InChI is InChI=1S/C16H29NO/c1-17(15-10-6-2-3-7-11-15)13-14-9-5-4-8-12-16(14)18/h14-15H,2-13H2,1H3. The highest BCUT2D eigenvalue weighted by atomic mass is 16.1. The summed E-state index contributed by atoms with van der Waals surface area (Å²) in [4.78, 5) is 14.6. The first kappa shape index (κ1) is 14.0. The lowest BCUT2D eigenvalue weighted by Gasteiger charge is -2.30. The second kappa shape index (κ2) is 7.28. The Balaban J connectivity index is 1.84. The lowest BCUT2D eigenvalue weighted by molar-refractivity contribution is -0.123. The van der Waals surface area contributed by atoms with Crippen molar-refractivity contribution in [2.75, 3.05) is 13.6 Å². The molecule has 0 N–H and O–H groups in total. The SMILES string of the molecule is CN(CC1CCCCCC1=O)C1CCCCCC1. The summed E-state index contributed by atoms with van der Waals surface area (Å²) in [7, 11) is 2.24. The third kappa shape index (κ3) is 4.08. The van der Waals surface area contributed by atoms with Gasteiger partial charge in [0.25, 0.3) is 0 Å². The molecule has 0 radical (unpaired) electrons. The summed E-state index contributed by atoms with van der Waals surface area (Å²) < 4.78 is 0. The summed E-state index contributed by atoms with van der Waals surface area (Å²) in [6.07, 6.45) is 13.9. The van der Waals surface area contributed by atoms with Gasteiger partial charge < -0.3 is 4.90 Å². The van der Waals surface area contributed by atoms with Gasteiger partial charge in [0.05, 0.1) is 0 Å². The minimum Gasteiger partial charge on any atom is -0.303 e. The number of nitrogens with zero attached hydrogens (tertiary/aromatic N) is 1. The molecular weight excluding hydrogens is 222 g/mol. The van der Waals surface area contributed by atoms with Crippen LogP contribution in [0.1, 0.15) is 70.6 Å². The maximum atomic E-state index is 12.1. The highest BCUT2D eigenvalue weighted by Gasteiger charge is 2.25. The fraction of sp³-hybridized carbons (Fsp3) is 0.938. The van der Waals surface area contributed by atoms with Gasteiger partial charge in [-0.15, -0.1) is 0 Å². The number of carbonyl (C=O) groups is 1. The first-order valence-corrected chi connectivity index (χ1v) is 8.00. The molecular formula is C16H29NO. The van der Waals surface area contributed by atoms with E-state index in [0.29, 0.717) is 11.7 Å². The van der Waals surface area contributed by atoms with Crippen molar-refractivity contribution in [3.05, 3.63) is 0 Å². The molecule has 0 spiro atoms. The normalized spacial score (nSPS) is 28.1. The van der Waals surface area contributed by atoms with E-state index in [1.165, 1.54) is 51.4 Å². The molecule has 0 heterocycles. The molecule has 104 valence electrons. The van der Waals surface area contributed by atoms with Gasteiger partial charge >= 0.3 is 0 Å². The Morgan fingerprint density at radius 2 is 1.56 bits per heavy atom. The van der Waals surface area contributed by atoms with Crippen molar-refractivity contribution in [3.8, 4) is 0 Å². The molecule has 2 heteroatoms. The molecule has 18 heavy (non-hydrogen) atoms. The van der Waals surface area contributed by atoms with Crippen molar-refractivity contribution in [2.45, 2.75) is 76.7 Å². The summed E-state index contributed by atoms with van der Waals surface area (Å²) in [5, 5.41) is 0. The van der Waals surface area contributed by atoms with Crippen LogP contribution in [0.4, 0.5) is 0 Å².